The first-order valence-corrected chi connectivity index (χ1v) is 3.41. The highest BCUT2D eigenvalue weighted by Crippen LogP contribution is 1.74. The maximum Gasteiger partial charge on any atom is 0.104 e. The van der Waals surface area contributed by atoms with Crippen LogP contribution in [0, 0.1) is 11.8 Å². The molecule has 4 heteroatoms. The van der Waals surface area contributed by atoms with Crippen LogP contribution in [0.3, 0.4) is 0 Å². The minimum atomic E-state index is -0.166. The second-order valence-electron chi connectivity index (χ2n) is 1.57. The van der Waals surface area contributed by atoms with Crippen molar-refractivity contribution in [3.8, 4) is 11.8 Å². The lowest BCUT2D eigenvalue weighted by atomic mass is 10.5. The van der Waals surface area contributed by atoms with E-state index in [1.54, 1.807) is 0 Å². The van der Waals surface area contributed by atoms with Crippen LogP contribution in [-0.4, -0.2) is 40.2 Å². The van der Waals surface area contributed by atoms with E-state index in [9.17, 15) is 0 Å². The van der Waals surface area contributed by atoms with Crippen molar-refractivity contribution in [1.29, 1.82) is 0 Å². The molecule has 0 saturated carbocycles. The van der Waals surface area contributed by atoms with Crippen LogP contribution in [0.1, 0.15) is 6.42 Å². The van der Waals surface area contributed by atoms with E-state index < -0.39 is 0 Å². The summed E-state index contributed by atoms with van der Waals surface area (Å²) in [6.45, 7) is -0.224. The Labute approximate surface area is 71.8 Å². The third kappa shape index (κ3) is 23.1. The van der Waals surface area contributed by atoms with Crippen LogP contribution in [-0.2, 0) is 0 Å². The molecule has 0 radical (unpaired) electrons. The van der Waals surface area contributed by atoms with Gasteiger partial charge in [0.15, 0.2) is 0 Å². The predicted molar refractivity (Wildman–Crippen MR) is 45.4 cm³/mol. The smallest absolute Gasteiger partial charge is 0.104 e. The number of hydrogen-bond donors (Lipinski definition) is 4. The lowest BCUT2D eigenvalue weighted by molar-refractivity contribution is 0.301. The molecule has 0 aliphatic heterocycles. The molecule has 0 aromatic heterocycles. The molecule has 0 saturated heterocycles. The Morgan fingerprint density at radius 3 is 1.67 bits per heavy atom. The summed E-state index contributed by atoms with van der Waals surface area (Å²) in [7, 11) is 0. The van der Waals surface area contributed by atoms with Crippen LogP contribution in [0.4, 0.5) is 0 Å². The number of aliphatic hydroxyl groups excluding tert-OH is 4. The van der Waals surface area contributed by atoms with Crippen LogP contribution in [0.5, 0.6) is 0 Å². The standard InChI is InChI=1S/C4H8O2.C4H6O2/c2*5-3-1-2-4-6/h1,3,5-6H,2,4H2;5-6H,3-4H2/b3-1+;. The summed E-state index contributed by atoms with van der Waals surface area (Å²) in [6, 6.07) is 0. The fraction of sp³-hybridized carbons (Fsp3) is 0.500. The number of rotatable bonds is 2. The van der Waals surface area contributed by atoms with Crippen molar-refractivity contribution in [2.24, 2.45) is 0 Å². The average Bonchev–Trinajstić information content (AvgIpc) is 2.12. The number of hydrogen-bond acceptors (Lipinski definition) is 4. The van der Waals surface area contributed by atoms with E-state index in [0.717, 1.165) is 6.26 Å². The van der Waals surface area contributed by atoms with Crippen molar-refractivity contribution in [2.75, 3.05) is 19.8 Å². The molecule has 0 aliphatic rings. The normalized spacial score (nSPS) is 8.25. The van der Waals surface area contributed by atoms with Crippen LogP contribution in [0.15, 0.2) is 12.3 Å². The molecular formula is C8H14O4. The molecule has 0 heterocycles. The minimum absolute atomic E-state index is 0.108. The lowest BCUT2D eigenvalue weighted by Crippen LogP contribution is -1.74. The van der Waals surface area contributed by atoms with Gasteiger partial charge in [-0.2, -0.15) is 0 Å². The molecule has 0 fully saturated rings. The van der Waals surface area contributed by atoms with Gasteiger partial charge in [0, 0.05) is 6.61 Å². The first-order valence-electron chi connectivity index (χ1n) is 3.41. The molecule has 0 spiro atoms. The quantitative estimate of drug-likeness (QED) is 0.333. The van der Waals surface area contributed by atoms with Crippen molar-refractivity contribution in [3.63, 3.8) is 0 Å². The summed E-state index contributed by atoms with van der Waals surface area (Å²) in [5, 5.41) is 31.8. The van der Waals surface area contributed by atoms with E-state index in [-0.39, 0.29) is 19.8 Å². The fourth-order valence-electron chi connectivity index (χ4n) is 0.261. The Kier molecular flexibility index (Phi) is 18.7. The molecule has 0 atom stereocenters. The minimum Gasteiger partial charge on any atom is -0.516 e. The van der Waals surface area contributed by atoms with E-state index in [1.807, 2.05) is 0 Å². The van der Waals surface area contributed by atoms with Crippen molar-refractivity contribution in [2.45, 2.75) is 6.42 Å². The summed E-state index contributed by atoms with van der Waals surface area (Å²) in [6.07, 6.45) is 2.95. The van der Waals surface area contributed by atoms with Crippen molar-refractivity contribution >= 4 is 0 Å². The summed E-state index contributed by atoms with van der Waals surface area (Å²) in [5.74, 6) is 4.51. The Balaban J connectivity index is 0. The van der Waals surface area contributed by atoms with Crippen molar-refractivity contribution in [3.05, 3.63) is 12.3 Å². The molecule has 0 aliphatic carbocycles. The van der Waals surface area contributed by atoms with Crippen LogP contribution >= 0.6 is 0 Å². The Bertz CT molecular complexity index is 135. The molecule has 4 nitrogen and oxygen atoms in total. The Morgan fingerprint density at radius 1 is 1.00 bits per heavy atom. The zero-order valence-corrected chi connectivity index (χ0v) is 6.77. The van der Waals surface area contributed by atoms with E-state index >= 15 is 0 Å². The zero-order chi connectivity index (χ0) is 9.66. The lowest BCUT2D eigenvalue weighted by Gasteiger charge is -1.76. The summed E-state index contributed by atoms with van der Waals surface area (Å²) in [4.78, 5) is 0. The molecule has 0 rings (SSSR count). The molecule has 12 heavy (non-hydrogen) atoms. The summed E-state index contributed by atoms with van der Waals surface area (Å²) in [5.41, 5.74) is 0. The van der Waals surface area contributed by atoms with E-state index in [2.05, 4.69) is 11.8 Å². The second-order valence-corrected chi connectivity index (χ2v) is 1.57. The van der Waals surface area contributed by atoms with Gasteiger partial charge in [-0.3, -0.25) is 0 Å². The molecule has 0 bridgehead atoms. The second kappa shape index (κ2) is 16.5. The fourth-order valence-corrected chi connectivity index (χ4v) is 0.261. The molecule has 0 aromatic rings. The van der Waals surface area contributed by atoms with E-state index in [0.29, 0.717) is 6.42 Å². The first-order chi connectivity index (χ1) is 5.83. The van der Waals surface area contributed by atoms with E-state index in [1.165, 1.54) is 6.08 Å². The summed E-state index contributed by atoms with van der Waals surface area (Å²) < 4.78 is 0. The van der Waals surface area contributed by atoms with Gasteiger partial charge < -0.3 is 20.4 Å². The van der Waals surface area contributed by atoms with Gasteiger partial charge in [-0.25, -0.2) is 0 Å². The molecule has 0 unspecified atom stereocenters. The average molecular weight is 174 g/mol. The Hall–Kier alpha value is -1.02. The Morgan fingerprint density at radius 2 is 1.50 bits per heavy atom. The SMILES string of the molecule is O/C=C/CCO.OCC#CCO. The first kappa shape index (κ1) is 13.6. The van der Waals surface area contributed by atoms with Crippen molar-refractivity contribution < 1.29 is 20.4 Å². The highest BCUT2D eigenvalue weighted by molar-refractivity contribution is 4.97. The largest absolute Gasteiger partial charge is 0.516 e. The monoisotopic (exact) mass is 174 g/mol. The van der Waals surface area contributed by atoms with E-state index in [4.69, 9.17) is 20.4 Å². The highest BCUT2D eigenvalue weighted by atomic mass is 16.3. The molecular weight excluding hydrogens is 160 g/mol. The predicted octanol–water partition coefficient (Wildman–Crippen LogP) is -0.585. The molecule has 0 amide bonds. The van der Waals surface area contributed by atoms with Gasteiger partial charge in [0.1, 0.15) is 13.2 Å². The highest BCUT2D eigenvalue weighted by Gasteiger charge is 1.67. The van der Waals surface area contributed by atoms with Crippen LogP contribution in [0.2, 0.25) is 0 Å². The maximum atomic E-state index is 8.04. The van der Waals surface area contributed by atoms with Crippen LogP contribution < -0.4 is 0 Å². The van der Waals surface area contributed by atoms with Gasteiger partial charge in [-0.15, -0.1) is 0 Å². The van der Waals surface area contributed by atoms with Gasteiger partial charge in [0.05, 0.1) is 6.26 Å². The van der Waals surface area contributed by atoms with Gasteiger partial charge >= 0.3 is 0 Å². The van der Waals surface area contributed by atoms with Gasteiger partial charge in [0.25, 0.3) is 0 Å². The number of aliphatic hydroxyl groups is 4. The van der Waals surface area contributed by atoms with Gasteiger partial charge in [-0.1, -0.05) is 11.8 Å². The maximum absolute atomic E-state index is 8.04. The van der Waals surface area contributed by atoms with Crippen LogP contribution in [0.25, 0.3) is 0 Å². The zero-order valence-electron chi connectivity index (χ0n) is 6.77. The summed E-state index contributed by atoms with van der Waals surface area (Å²) >= 11 is 0. The third-order valence-electron chi connectivity index (χ3n) is 0.684. The van der Waals surface area contributed by atoms with Gasteiger partial charge in [0.2, 0.25) is 0 Å². The molecule has 70 valence electrons. The van der Waals surface area contributed by atoms with Crippen molar-refractivity contribution in [1.82, 2.24) is 0 Å². The molecule has 4 N–H and O–H groups in total. The third-order valence-corrected chi connectivity index (χ3v) is 0.684. The topological polar surface area (TPSA) is 80.9 Å². The van der Waals surface area contributed by atoms with Gasteiger partial charge in [-0.05, 0) is 12.5 Å². The molecule has 0 aromatic carbocycles.